The third-order valence-corrected chi connectivity index (χ3v) is 5.75. The lowest BCUT2D eigenvalue weighted by atomic mass is 9.90. The van der Waals surface area contributed by atoms with Gasteiger partial charge in [0.05, 0.1) is 12.2 Å². The van der Waals surface area contributed by atoms with Gasteiger partial charge in [0.2, 0.25) is 0 Å². The van der Waals surface area contributed by atoms with Crippen LogP contribution >= 0.6 is 0 Å². The lowest BCUT2D eigenvalue weighted by Crippen LogP contribution is -2.37. The minimum atomic E-state index is -0.664. The summed E-state index contributed by atoms with van der Waals surface area (Å²) in [6, 6.07) is 2.92. The Morgan fingerprint density at radius 2 is 2.08 bits per heavy atom. The first-order valence-electron chi connectivity index (χ1n) is 9.21. The van der Waals surface area contributed by atoms with E-state index >= 15 is 0 Å². The summed E-state index contributed by atoms with van der Waals surface area (Å²) >= 11 is 0. The Labute approximate surface area is 147 Å². The molecule has 3 fully saturated rings. The number of amides is 1. The molecule has 0 bridgehead atoms. The van der Waals surface area contributed by atoms with E-state index in [4.69, 9.17) is 9.94 Å². The van der Waals surface area contributed by atoms with Gasteiger partial charge in [-0.25, -0.2) is 4.39 Å². The highest BCUT2D eigenvalue weighted by atomic mass is 19.1. The summed E-state index contributed by atoms with van der Waals surface area (Å²) in [5.41, 5.74) is 3.02. The van der Waals surface area contributed by atoms with E-state index in [0.29, 0.717) is 29.4 Å². The topological polar surface area (TPSA) is 61.8 Å². The largest absolute Gasteiger partial charge is 0.493 e. The maximum Gasteiger partial charge on any atom is 0.270 e. The van der Waals surface area contributed by atoms with Crippen LogP contribution in [0.4, 0.5) is 4.39 Å². The molecule has 1 aromatic carbocycles. The minimum Gasteiger partial charge on any atom is -0.493 e. The van der Waals surface area contributed by atoms with Gasteiger partial charge in [0.25, 0.3) is 5.91 Å². The van der Waals surface area contributed by atoms with E-state index in [1.165, 1.54) is 38.8 Å². The van der Waals surface area contributed by atoms with Crippen LogP contribution in [0.5, 0.6) is 5.75 Å². The number of fused-ring (bicyclic) bond motifs is 1. The van der Waals surface area contributed by atoms with Crippen molar-refractivity contribution in [1.82, 2.24) is 10.6 Å². The standard InChI is InChI=1S/C19H25FN2O3/c1-22(24)21-19(23)16-8-15(12-4-5-12)18(9-17(16)20)25-10-11-2-3-13-7-14(13)6-11/h8-9,11-14,24H,2-7,10H2,1H3,(H,21,23). The number of nitrogens with one attached hydrogen (secondary N) is 1. The first-order valence-corrected chi connectivity index (χ1v) is 9.21. The molecule has 0 aromatic heterocycles. The second-order valence-electron chi connectivity index (χ2n) is 7.85. The first kappa shape index (κ1) is 16.8. The zero-order valence-electron chi connectivity index (χ0n) is 14.5. The zero-order chi connectivity index (χ0) is 17.6. The Hall–Kier alpha value is -1.66. The normalized spacial score (nSPS) is 27.8. The Morgan fingerprint density at radius 1 is 1.28 bits per heavy atom. The van der Waals surface area contributed by atoms with E-state index < -0.39 is 11.7 Å². The molecule has 0 radical (unpaired) electrons. The van der Waals surface area contributed by atoms with E-state index in [1.54, 1.807) is 6.07 Å². The summed E-state index contributed by atoms with van der Waals surface area (Å²) in [5.74, 6) is 2.04. The lowest BCUT2D eigenvalue weighted by Gasteiger charge is -2.22. The molecule has 25 heavy (non-hydrogen) atoms. The van der Waals surface area contributed by atoms with Crippen molar-refractivity contribution < 1.29 is 19.1 Å². The highest BCUT2D eigenvalue weighted by Crippen LogP contribution is 2.51. The first-order chi connectivity index (χ1) is 12.0. The van der Waals surface area contributed by atoms with Crippen LogP contribution in [0.2, 0.25) is 0 Å². The van der Waals surface area contributed by atoms with Crippen molar-refractivity contribution >= 4 is 5.91 Å². The van der Waals surface area contributed by atoms with Crippen LogP contribution in [0.25, 0.3) is 0 Å². The average Bonchev–Trinajstić information content (AvgIpc) is 3.44. The number of carbonyl (C=O) groups is 1. The number of benzene rings is 1. The maximum atomic E-state index is 14.4. The van der Waals surface area contributed by atoms with Gasteiger partial charge in [-0.05, 0) is 73.8 Å². The molecule has 0 aliphatic heterocycles. The summed E-state index contributed by atoms with van der Waals surface area (Å²) in [7, 11) is 1.27. The number of hydrogen-bond acceptors (Lipinski definition) is 4. The van der Waals surface area contributed by atoms with Gasteiger partial charge in [0.15, 0.2) is 0 Å². The van der Waals surface area contributed by atoms with E-state index in [1.807, 2.05) is 0 Å². The van der Waals surface area contributed by atoms with Crippen molar-refractivity contribution in [3.05, 3.63) is 29.1 Å². The SMILES string of the molecule is CN(O)NC(=O)c1cc(C2CC2)c(OCC2CCC3CC3C2)cc1F. The van der Waals surface area contributed by atoms with Gasteiger partial charge in [-0.2, -0.15) is 0 Å². The lowest BCUT2D eigenvalue weighted by molar-refractivity contribution is -0.100. The van der Waals surface area contributed by atoms with Gasteiger partial charge in [-0.15, -0.1) is 5.17 Å². The van der Waals surface area contributed by atoms with Gasteiger partial charge >= 0.3 is 0 Å². The summed E-state index contributed by atoms with van der Waals surface area (Å²) in [5, 5.41) is 9.65. The monoisotopic (exact) mass is 348 g/mol. The van der Waals surface area contributed by atoms with E-state index in [-0.39, 0.29) is 5.56 Å². The molecule has 3 aliphatic rings. The van der Waals surface area contributed by atoms with Crippen LogP contribution in [-0.4, -0.2) is 29.9 Å². The summed E-state index contributed by atoms with van der Waals surface area (Å²) < 4.78 is 20.4. The van der Waals surface area contributed by atoms with Gasteiger partial charge in [-0.1, -0.05) is 0 Å². The van der Waals surface area contributed by atoms with Gasteiger partial charge < -0.3 is 4.74 Å². The van der Waals surface area contributed by atoms with Gasteiger partial charge in [-0.3, -0.25) is 15.4 Å². The number of halogens is 1. The van der Waals surface area contributed by atoms with Crippen molar-refractivity contribution in [2.75, 3.05) is 13.7 Å². The van der Waals surface area contributed by atoms with Crippen molar-refractivity contribution in [3.63, 3.8) is 0 Å². The molecule has 1 aromatic rings. The molecule has 0 saturated heterocycles. The average molecular weight is 348 g/mol. The summed E-state index contributed by atoms with van der Waals surface area (Å²) in [6.07, 6.45) is 7.19. The summed E-state index contributed by atoms with van der Waals surface area (Å²) in [4.78, 5) is 12.0. The molecule has 3 saturated carbocycles. The van der Waals surface area contributed by atoms with E-state index in [0.717, 1.165) is 30.2 Å². The third kappa shape index (κ3) is 3.80. The van der Waals surface area contributed by atoms with Crippen LogP contribution in [0.1, 0.15) is 60.4 Å². The Kier molecular flexibility index (Phi) is 4.41. The molecule has 136 valence electrons. The summed E-state index contributed by atoms with van der Waals surface area (Å²) in [6.45, 7) is 0.632. The molecule has 3 atom stereocenters. The van der Waals surface area contributed by atoms with Gasteiger partial charge in [0, 0.05) is 13.1 Å². The molecule has 3 aliphatic carbocycles. The number of hydroxylamine groups is 1. The van der Waals surface area contributed by atoms with Crippen molar-refractivity contribution in [3.8, 4) is 5.75 Å². The molecule has 6 heteroatoms. The second kappa shape index (κ2) is 6.57. The minimum absolute atomic E-state index is 0.0614. The highest BCUT2D eigenvalue weighted by molar-refractivity contribution is 5.94. The molecule has 2 N–H and O–H groups in total. The molecule has 0 spiro atoms. The fourth-order valence-electron chi connectivity index (χ4n) is 4.10. The fourth-order valence-corrected chi connectivity index (χ4v) is 4.10. The quantitative estimate of drug-likeness (QED) is 0.773. The van der Waals surface area contributed by atoms with Gasteiger partial charge in [0.1, 0.15) is 11.6 Å². The fraction of sp³-hybridized carbons (Fsp3) is 0.632. The van der Waals surface area contributed by atoms with Crippen LogP contribution in [0, 0.1) is 23.6 Å². The highest BCUT2D eigenvalue weighted by Gasteiger charge is 2.42. The number of rotatable bonds is 6. The van der Waals surface area contributed by atoms with E-state index in [9.17, 15) is 9.18 Å². The molecule has 3 unspecified atom stereocenters. The van der Waals surface area contributed by atoms with Crippen molar-refractivity contribution in [2.24, 2.45) is 17.8 Å². The Morgan fingerprint density at radius 3 is 2.76 bits per heavy atom. The van der Waals surface area contributed by atoms with Crippen LogP contribution in [0.3, 0.4) is 0 Å². The van der Waals surface area contributed by atoms with Crippen molar-refractivity contribution in [1.29, 1.82) is 0 Å². The number of nitrogens with zero attached hydrogens (tertiary/aromatic N) is 1. The molecule has 4 rings (SSSR count). The Bertz CT molecular complexity index is 675. The zero-order valence-corrected chi connectivity index (χ0v) is 14.5. The molecule has 5 nitrogen and oxygen atoms in total. The smallest absolute Gasteiger partial charge is 0.270 e. The van der Waals surface area contributed by atoms with Crippen LogP contribution < -0.4 is 10.2 Å². The number of hydrazine groups is 1. The number of hydrogen-bond donors (Lipinski definition) is 2. The van der Waals surface area contributed by atoms with Crippen LogP contribution in [-0.2, 0) is 0 Å². The number of carbonyl (C=O) groups excluding carboxylic acids is 1. The predicted octanol–water partition coefficient (Wildman–Crippen LogP) is 3.48. The predicted molar refractivity (Wildman–Crippen MR) is 89.8 cm³/mol. The molecular weight excluding hydrogens is 323 g/mol. The molecule has 0 heterocycles. The number of ether oxygens (including phenoxy) is 1. The second-order valence-corrected chi connectivity index (χ2v) is 7.85. The molecular formula is C19H25FN2O3. The third-order valence-electron chi connectivity index (χ3n) is 5.75. The Balaban J connectivity index is 1.48. The van der Waals surface area contributed by atoms with E-state index in [2.05, 4.69) is 5.43 Å². The maximum absolute atomic E-state index is 14.4. The molecule has 1 amide bonds. The van der Waals surface area contributed by atoms with Crippen LogP contribution in [0.15, 0.2) is 12.1 Å². The van der Waals surface area contributed by atoms with Crippen molar-refractivity contribution in [2.45, 2.75) is 44.4 Å².